The van der Waals surface area contributed by atoms with Crippen LogP contribution in [0.5, 0.6) is 0 Å². The fraction of sp³-hybridized carbons (Fsp3) is 0.125. The molecular weight excluding hydrogens is 640 g/mol. The number of aryl methyl sites for hydroxylation is 6. The van der Waals surface area contributed by atoms with Crippen LogP contribution in [0.1, 0.15) is 33.4 Å². The number of anilines is 9. The molecule has 0 atom stereocenters. The molecule has 0 aromatic heterocycles. The van der Waals surface area contributed by atoms with Gasteiger partial charge in [-0.25, -0.2) is 0 Å². The largest absolute Gasteiger partial charge is 0.312 e. The molecule has 0 fully saturated rings. The van der Waals surface area contributed by atoms with Crippen LogP contribution in [0.15, 0.2) is 127 Å². The van der Waals surface area contributed by atoms with Crippen LogP contribution in [-0.4, -0.2) is 13.4 Å². The van der Waals surface area contributed by atoms with E-state index in [1.165, 1.54) is 117 Å². The van der Waals surface area contributed by atoms with Crippen LogP contribution in [0.2, 0.25) is 0 Å². The lowest BCUT2D eigenvalue weighted by Crippen LogP contribution is -2.68. The number of hydrogen-bond acceptors (Lipinski definition) is 3. The van der Waals surface area contributed by atoms with Crippen LogP contribution in [0, 0.1) is 41.5 Å². The molecule has 0 radical (unpaired) electrons. The lowest BCUT2D eigenvalue weighted by Gasteiger charge is -2.51. The zero-order valence-electron chi connectivity index (χ0n) is 31.1. The molecule has 11 rings (SSSR count). The zero-order valence-corrected chi connectivity index (χ0v) is 31.1. The molecule has 0 N–H and O–H groups in total. The van der Waals surface area contributed by atoms with E-state index in [1.54, 1.807) is 0 Å². The molecule has 0 saturated carbocycles. The summed E-state index contributed by atoms with van der Waals surface area (Å²) in [6, 6.07) is 49.2. The second kappa shape index (κ2) is 10.8. The van der Waals surface area contributed by atoms with E-state index in [1.807, 2.05) is 0 Å². The van der Waals surface area contributed by atoms with Crippen LogP contribution in [-0.2, 0) is 0 Å². The highest BCUT2D eigenvalue weighted by molar-refractivity contribution is 7.04. The maximum atomic E-state index is 2.65. The van der Waals surface area contributed by atoms with Gasteiger partial charge in [0.1, 0.15) is 0 Å². The summed E-state index contributed by atoms with van der Waals surface area (Å²) < 4.78 is 0. The third-order valence-corrected chi connectivity index (χ3v) is 12.1. The van der Waals surface area contributed by atoms with Crippen molar-refractivity contribution < 1.29 is 0 Å². The number of benzene rings is 7. The number of rotatable bonds is 2. The van der Waals surface area contributed by atoms with Gasteiger partial charge >= 0.3 is 0 Å². The quantitative estimate of drug-likeness (QED) is 0.171. The van der Waals surface area contributed by atoms with E-state index >= 15 is 0 Å². The Morgan fingerprint density at radius 2 is 0.660 bits per heavy atom. The highest BCUT2D eigenvalue weighted by atomic mass is 15.2. The van der Waals surface area contributed by atoms with Crippen molar-refractivity contribution in [1.82, 2.24) is 0 Å². The van der Waals surface area contributed by atoms with Crippen LogP contribution < -0.4 is 47.5 Å². The predicted octanol–water partition coefficient (Wildman–Crippen LogP) is 8.23. The first-order chi connectivity index (χ1) is 25.7. The van der Waals surface area contributed by atoms with Crippen LogP contribution in [0.3, 0.4) is 0 Å². The van der Waals surface area contributed by atoms with E-state index in [-0.39, 0.29) is 13.4 Å². The van der Waals surface area contributed by atoms with Gasteiger partial charge in [0.15, 0.2) is 0 Å². The van der Waals surface area contributed by atoms with Crippen LogP contribution in [0.4, 0.5) is 51.2 Å². The minimum Gasteiger partial charge on any atom is -0.312 e. The van der Waals surface area contributed by atoms with Crippen molar-refractivity contribution in [2.75, 3.05) is 14.7 Å². The SMILES string of the molecule is Cc1cccc(N2c3cc(C)ccc3B3c4ccc(C)cc4N4c5cc(C)ccc5B5c6ccc(C)cc6N(c6cccc(C)c6)c6cc2c3c4c65)c1. The molecular formula is C48H39B2N3. The van der Waals surface area contributed by atoms with Crippen molar-refractivity contribution in [3.05, 3.63) is 161 Å². The smallest absolute Gasteiger partial charge is 0.252 e. The normalized spacial score (nSPS) is 14.0. The molecule has 0 amide bonds. The van der Waals surface area contributed by atoms with Gasteiger partial charge in [0, 0.05) is 51.2 Å². The minimum absolute atomic E-state index is 0.0904. The van der Waals surface area contributed by atoms with Crippen molar-refractivity contribution >= 4 is 97.4 Å². The molecule has 0 aliphatic carbocycles. The van der Waals surface area contributed by atoms with E-state index in [0.29, 0.717) is 0 Å². The Morgan fingerprint density at radius 1 is 0.321 bits per heavy atom. The molecule has 0 saturated heterocycles. The molecule has 5 heteroatoms. The number of hydrogen-bond donors (Lipinski definition) is 0. The summed E-state index contributed by atoms with van der Waals surface area (Å²) >= 11 is 0. The fourth-order valence-electron chi connectivity index (χ4n) is 9.90. The zero-order chi connectivity index (χ0) is 35.9. The summed E-state index contributed by atoms with van der Waals surface area (Å²) in [6.07, 6.45) is 0. The monoisotopic (exact) mass is 679 g/mol. The van der Waals surface area contributed by atoms with Gasteiger partial charge in [0.2, 0.25) is 0 Å². The van der Waals surface area contributed by atoms with Gasteiger partial charge in [-0.05, 0) is 162 Å². The molecule has 4 heterocycles. The second-order valence-electron chi connectivity index (χ2n) is 15.9. The summed E-state index contributed by atoms with van der Waals surface area (Å²) in [6.45, 7) is 13.5. The topological polar surface area (TPSA) is 9.72 Å². The molecule has 4 aliphatic heterocycles. The van der Waals surface area contributed by atoms with Gasteiger partial charge < -0.3 is 14.7 Å². The van der Waals surface area contributed by atoms with Gasteiger partial charge in [0.05, 0.1) is 0 Å². The van der Waals surface area contributed by atoms with Gasteiger partial charge in [-0.15, -0.1) is 0 Å². The molecule has 7 aromatic carbocycles. The molecule has 252 valence electrons. The van der Waals surface area contributed by atoms with Crippen molar-refractivity contribution in [2.24, 2.45) is 0 Å². The molecule has 3 nitrogen and oxygen atoms in total. The highest BCUT2D eigenvalue weighted by Gasteiger charge is 2.51. The Labute approximate surface area is 313 Å². The Kier molecular flexibility index (Phi) is 6.25. The maximum Gasteiger partial charge on any atom is 0.252 e. The van der Waals surface area contributed by atoms with Gasteiger partial charge in [0.25, 0.3) is 13.4 Å². The lowest BCUT2D eigenvalue weighted by atomic mass is 9.28. The van der Waals surface area contributed by atoms with Crippen molar-refractivity contribution in [3.63, 3.8) is 0 Å². The molecule has 7 aromatic rings. The lowest BCUT2D eigenvalue weighted by molar-refractivity contribution is 1.21. The van der Waals surface area contributed by atoms with Crippen molar-refractivity contribution in [2.45, 2.75) is 41.5 Å². The first-order valence-electron chi connectivity index (χ1n) is 18.9. The van der Waals surface area contributed by atoms with E-state index < -0.39 is 0 Å². The van der Waals surface area contributed by atoms with E-state index in [9.17, 15) is 0 Å². The minimum atomic E-state index is 0.0904. The van der Waals surface area contributed by atoms with E-state index in [2.05, 4.69) is 184 Å². The number of nitrogens with zero attached hydrogens (tertiary/aromatic N) is 3. The average molecular weight is 679 g/mol. The summed E-state index contributed by atoms with van der Waals surface area (Å²) in [5.41, 5.74) is 27.2. The summed E-state index contributed by atoms with van der Waals surface area (Å²) in [5.74, 6) is 0. The van der Waals surface area contributed by atoms with Crippen LogP contribution in [0.25, 0.3) is 0 Å². The molecule has 0 unspecified atom stereocenters. The Hall–Kier alpha value is -5.93. The van der Waals surface area contributed by atoms with Gasteiger partial charge in [-0.3, -0.25) is 0 Å². The third-order valence-electron chi connectivity index (χ3n) is 12.1. The molecule has 4 aliphatic rings. The fourth-order valence-corrected chi connectivity index (χ4v) is 9.90. The molecule has 0 spiro atoms. The van der Waals surface area contributed by atoms with Crippen LogP contribution >= 0.6 is 0 Å². The second-order valence-corrected chi connectivity index (χ2v) is 15.9. The Balaban J connectivity index is 1.36. The van der Waals surface area contributed by atoms with Gasteiger partial charge in [-0.1, -0.05) is 72.8 Å². The first kappa shape index (κ1) is 30.7. The van der Waals surface area contributed by atoms with E-state index in [0.717, 1.165) is 0 Å². The number of fused-ring (bicyclic) bond motifs is 10. The molecule has 0 bridgehead atoms. The highest BCUT2D eigenvalue weighted by Crippen LogP contribution is 2.50. The predicted molar refractivity (Wildman–Crippen MR) is 228 cm³/mol. The maximum absolute atomic E-state index is 2.65. The average Bonchev–Trinajstić information content (AvgIpc) is 3.13. The summed E-state index contributed by atoms with van der Waals surface area (Å²) in [5, 5.41) is 0. The van der Waals surface area contributed by atoms with Crippen molar-refractivity contribution in [3.8, 4) is 0 Å². The van der Waals surface area contributed by atoms with Crippen molar-refractivity contribution in [1.29, 1.82) is 0 Å². The Morgan fingerprint density at radius 3 is 1.02 bits per heavy atom. The molecule has 53 heavy (non-hydrogen) atoms. The van der Waals surface area contributed by atoms with Gasteiger partial charge in [-0.2, -0.15) is 0 Å². The standard InChI is InChI=1S/C48H39B2N3/c1-28-9-7-11-34(21-28)51-40-23-30(3)13-17-36(40)49-38-19-15-32(5)25-42(38)53-43-26-33(6)16-20-39(43)50-37-18-14-31(4)24-41(37)52(35-12-8-10-29(2)22-35)45-27-44(51)46(49)48(53)47(45)50/h7-27H,1-6H3. The Bertz CT molecular complexity index is 2540. The first-order valence-corrected chi connectivity index (χ1v) is 18.9. The third kappa shape index (κ3) is 4.19. The summed E-state index contributed by atoms with van der Waals surface area (Å²) in [4.78, 5) is 7.78. The van der Waals surface area contributed by atoms with E-state index in [4.69, 9.17) is 0 Å². The summed E-state index contributed by atoms with van der Waals surface area (Å²) in [7, 11) is 0.